The molecular formula is C17H24N4O. The fourth-order valence-corrected chi connectivity index (χ4v) is 2.35. The Balaban J connectivity index is 1.75. The Kier molecular flexibility index (Phi) is 5.33. The molecule has 0 saturated carbocycles. The van der Waals surface area contributed by atoms with E-state index >= 15 is 0 Å². The quantitative estimate of drug-likeness (QED) is 0.768. The number of nitrogens with zero attached hydrogens (tertiary/aromatic N) is 2. The predicted molar refractivity (Wildman–Crippen MR) is 87.2 cm³/mol. The number of amides is 1. The molecule has 5 heteroatoms. The number of aromatic nitrogens is 2. The molecule has 0 aliphatic carbocycles. The van der Waals surface area contributed by atoms with E-state index in [1.165, 1.54) is 0 Å². The molecule has 0 aliphatic rings. The van der Waals surface area contributed by atoms with Crippen LogP contribution in [0.25, 0.3) is 0 Å². The summed E-state index contributed by atoms with van der Waals surface area (Å²) < 4.78 is 2.11. The fourth-order valence-electron chi connectivity index (χ4n) is 2.35. The topological polar surface area (TPSA) is 72.9 Å². The van der Waals surface area contributed by atoms with Crippen LogP contribution in [0, 0.1) is 6.92 Å². The molecule has 5 nitrogen and oxygen atoms in total. The lowest BCUT2D eigenvalue weighted by molar-refractivity contribution is -0.126. The third kappa shape index (κ3) is 3.95. The molecule has 1 atom stereocenters. The fraction of sp³-hybridized carbons (Fsp3) is 0.412. The SMILES string of the molecule is Cc1nccn1CCCCNC(=O)C(C)(N)c1ccccc1. The van der Waals surface area contributed by atoms with Crippen LogP contribution in [0.3, 0.4) is 0 Å². The molecule has 1 aromatic heterocycles. The van der Waals surface area contributed by atoms with Crippen LogP contribution in [0.1, 0.15) is 31.2 Å². The zero-order valence-electron chi connectivity index (χ0n) is 13.2. The van der Waals surface area contributed by atoms with Gasteiger partial charge >= 0.3 is 0 Å². The van der Waals surface area contributed by atoms with Crippen LogP contribution in [0.4, 0.5) is 0 Å². The first kappa shape index (κ1) is 16.2. The smallest absolute Gasteiger partial charge is 0.244 e. The normalized spacial score (nSPS) is 13.6. The maximum absolute atomic E-state index is 12.3. The minimum Gasteiger partial charge on any atom is -0.354 e. The highest BCUT2D eigenvalue weighted by Gasteiger charge is 2.29. The van der Waals surface area contributed by atoms with Gasteiger partial charge in [0, 0.05) is 25.5 Å². The maximum atomic E-state index is 12.3. The van der Waals surface area contributed by atoms with E-state index in [2.05, 4.69) is 14.9 Å². The molecule has 1 heterocycles. The third-order valence-electron chi connectivity index (χ3n) is 3.88. The number of aryl methyl sites for hydroxylation is 2. The zero-order chi connectivity index (χ0) is 16.0. The summed E-state index contributed by atoms with van der Waals surface area (Å²) >= 11 is 0. The summed E-state index contributed by atoms with van der Waals surface area (Å²) in [4.78, 5) is 16.4. The van der Waals surface area contributed by atoms with Gasteiger partial charge in [0.25, 0.3) is 0 Å². The Morgan fingerprint density at radius 3 is 2.68 bits per heavy atom. The van der Waals surface area contributed by atoms with E-state index in [1.807, 2.05) is 43.5 Å². The average molecular weight is 300 g/mol. The lowest BCUT2D eigenvalue weighted by atomic mass is 9.92. The minimum absolute atomic E-state index is 0.141. The van der Waals surface area contributed by atoms with E-state index in [9.17, 15) is 4.79 Å². The number of carbonyl (C=O) groups excluding carboxylic acids is 1. The van der Waals surface area contributed by atoms with Crippen molar-refractivity contribution < 1.29 is 4.79 Å². The van der Waals surface area contributed by atoms with E-state index < -0.39 is 5.54 Å². The van der Waals surface area contributed by atoms with Crippen LogP contribution in [-0.4, -0.2) is 22.0 Å². The van der Waals surface area contributed by atoms with Crippen LogP contribution in [0.5, 0.6) is 0 Å². The summed E-state index contributed by atoms with van der Waals surface area (Å²) in [5.41, 5.74) is 5.99. The van der Waals surface area contributed by atoms with Gasteiger partial charge in [0.1, 0.15) is 11.4 Å². The van der Waals surface area contributed by atoms with Crippen molar-refractivity contribution in [3.05, 3.63) is 54.1 Å². The van der Waals surface area contributed by atoms with Gasteiger partial charge in [-0.2, -0.15) is 0 Å². The molecule has 22 heavy (non-hydrogen) atoms. The first-order valence-corrected chi connectivity index (χ1v) is 7.62. The van der Waals surface area contributed by atoms with Gasteiger partial charge in [-0.05, 0) is 32.3 Å². The maximum Gasteiger partial charge on any atom is 0.244 e. The second kappa shape index (κ2) is 7.22. The van der Waals surface area contributed by atoms with Crippen molar-refractivity contribution in [2.45, 2.75) is 38.8 Å². The van der Waals surface area contributed by atoms with E-state index in [4.69, 9.17) is 5.73 Å². The summed E-state index contributed by atoms with van der Waals surface area (Å²) in [5.74, 6) is 0.875. The van der Waals surface area contributed by atoms with Gasteiger partial charge < -0.3 is 15.6 Å². The molecule has 1 unspecified atom stereocenters. The number of nitrogens with two attached hydrogens (primary N) is 1. The van der Waals surface area contributed by atoms with Crippen molar-refractivity contribution >= 4 is 5.91 Å². The second-order valence-corrected chi connectivity index (χ2v) is 5.70. The van der Waals surface area contributed by atoms with E-state index in [0.29, 0.717) is 6.54 Å². The summed E-state index contributed by atoms with van der Waals surface area (Å²) in [6.45, 7) is 5.28. The van der Waals surface area contributed by atoms with Crippen molar-refractivity contribution in [2.75, 3.05) is 6.54 Å². The van der Waals surface area contributed by atoms with Gasteiger partial charge in [0.2, 0.25) is 5.91 Å². The largest absolute Gasteiger partial charge is 0.354 e. The van der Waals surface area contributed by atoms with Crippen LogP contribution in [0.2, 0.25) is 0 Å². The number of benzene rings is 1. The van der Waals surface area contributed by atoms with Gasteiger partial charge in [0.05, 0.1) is 0 Å². The number of nitrogens with one attached hydrogen (secondary N) is 1. The highest BCUT2D eigenvalue weighted by molar-refractivity contribution is 5.86. The van der Waals surface area contributed by atoms with Crippen molar-refractivity contribution in [3.63, 3.8) is 0 Å². The third-order valence-corrected chi connectivity index (χ3v) is 3.88. The number of unbranched alkanes of at least 4 members (excludes halogenated alkanes) is 1. The van der Waals surface area contributed by atoms with Crippen molar-refractivity contribution in [2.24, 2.45) is 5.73 Å². The Morgan fingerprint density at radius 1 is 1.32 bits per heavy atom. The molecular weight excluding hydrogens is 276 g/mol. The van der Waals surface area contributed by atoms with Crippen LogP contribution >= 0.6 is 0 Å². The first-order valence-electron chi connectivity index (χ1n) is 7.62. The molecule has 118 valence electrons. The first-order chi connectivity index (χ1) is 10.5. The van der Waals surface area contributed by atoms with Crippen molar-refractivity contribution in [1.82, 2.24) is 14.9 Å². The predicted octanol–water partition coefficient (Wildman–Crippen LogP) is 1.96. The molecule has 2 aromatic rings. The van der Waals surface area contributed by atoms with Crippen LogP contribution in [-0.2, 0) is 16.9 Å². The summed E-state index contributed by atoms with van der Waals surface area (Å²) in [5, 5.41) is 2.93. The Labute approximate surface area is 131 Å². The Hall–Kier alpha value is -2.14. The summed E-state index contributed by atoms with van der Waals surface area (Å²) in [7, 11) is 0. The van der Waals surface area contributed by atoms with Crippen LogP contribution < -0.4 is 11.1 Å². The monoisotopic (exact) mass is 300 g/mol. The summed E-state index contributed by atoms with van der Waals surface area (Å²) in [6, 6.07) is 9.45. The lowest BCUT2D eigenvalue weighted by Gasteiger charge is -2.24. The van der Waals surface area contributed by atoms with E-state index in [1.54, 1.807) is 13.1 Å². The molecule has 1 aromatic carbocycles. The number of rotatable bonds is 7. The molecule has 2 rings (SSSR count). The van der Waals surface area contributed by atoms with Gasteiger partial charge in [-0.25, -0.2) is 4.98 Å². The minimum atomic E-state index is -0.998. The molecule has 3 N–H and O–H groups in total. The molecule has 1 amide bonds. The number of imidazole rings is 1. The number of hydrogen-bond acceptors (Lipinski definition) is 3. The van der Waals surface area contributed by atoms with Crippen molar-refractivity contribution in [1.29, 1.82) is 0 Å². The summed E-state index contributed by atoms with van der Waals surface area (Å²) in [6.07, 6.45) is 5.68. The Morgan fingerprint density at radius 2 is 2.05 bits per heavy atom. The Bertz CT molecular complexity index is 604. The highest BCUT2D eigenvalue weighted by Crippen LogP contribution is 2.17. The molecule has 0 saturated heterocycles. The van der Waals surface area contributed by atoms with E-state index in [-0.39, 0.29) is 5.91 Å². The molecule has 0 radical (unpaired) electrons. The lowest BCUT2D eigenvalue weighted by Crippen LogP contribution is -2.49. The molecule has 0 spiro atoms. The van der Waals surface area contributed by atoms with Crippen molar-refractivity contribution in [3.8, 4) is 0 Å². The van der Waals surface area contributed by atoms with Gasteiger partial charge in [-0.3, -0.25) is 4.79 Å². The van der Waals surface area contributed by atoms with Gasteiger partial charge in [-0.1, -0.05) is 30.3 Å². The molecule has 0 aliphatic heterocycles. The zero-order valence-corrected chi connectivity index (χ0v) is 13.2. The highest BCUT2D eigenvalue weighted by atomic mass is 16.2. The molecule has 0 bridgehead atoms. The van der Waals surface area contributed by atoms with E-state index in [0.717, 1.165) is 30.8 Å². The second-order valence-electron chi connectivity index (χ2n) is 5.70. The van der Waals surface area contributed by atoms with Crippen LogP contribution in [0.15, 0.2) is 42.7 Å². The number of carbonyl (C=O) groups is 1. The van der Waals surface area contributed by atoms with Gasteiger partial charge in [-0.15, -0.1) is 0 Å². The number of hydrogen-bond donors (Lipinski definition) is 2. The standard InChI is InChI=1S/C17H24N4O/c1-14-19-11-13-21(14)12-7-6-10-20-16(22)17(2,18)15-8-4-3-5-9-15/h3-5,8-9,11,13H,6-7,10,12,18H2,1-2H3,(H,20,22). The van der Waals surface area contributed by atoms with Gasteiger partial charge in [0.15, 0.2) is 0 Å². The molecule has 0 fully saturated rings. The average Bonchev–Trinajstić information content (AvgIpc) is 2.93.